The molecule has 9 heteroatoms. The van der Waals surface area contributed by atoms with Crippen LogP contribution >= 0.6 is 0 Å². The van der Waals surface area contributed by atoms with E-state index in [-0.39, 0.29) is 12.6 Å². The number of carbonyl (C=O) groups excluding carboxylic acids is 1. The van der Waals surface area contributed by atoms with Crippen LogP contribution in [0.5, 0.6) is 0 Å². The molecular weight excluding hydrogens is 300 g/mol. The number of aromatic amines is 1. The quantitative estimate of drug-likeness (QED) is 0.684. The summed E-state index contributed by atoms with van der Waals surface area (Å²) in [5.41, 5.74) is 1.31. The molecule has 0 bridgehead atoms. The number of H-pyrrole nitrogens is 1. The van der Waals surface area contributed by atoms with Gasteiger partial charge in [-0.05, 0) is 25.3 Å². The molecule has 3 heterocycles. The van der Waals surface area contributed by atoms with E-state index in [2.05, 4.69) is 25.6 Å². The van der Waals surface area contributed by atoms with Crippen LogP contribution in [0.15, 0.2) is 18.5 Å². The van der Waals surface area contributed by atoms with Gasteiger partial charge in [-0.3, -0.25) is 5.32 Å². The van der Waals surface area contributed by atoms with Gasteiger partial charge in [-0.1, -0.05) is 0 Å². The number of urea groups is 1. The number of carboxylic acid groups (broad SMARTS) is 1. The van der Waals surface area contributed by atoms with Crippen molar-refractivity contribution in [2.75, 3.05) is 18.4 Å². The van der Waals surface area contributed by atoms with Gasteiger partial charge in [-0.2, -0.15) is 0 Å². The molecule has 3 rings (SSSR count). The van der Waals surface area contributed by atoms with Crippen LogP contribution in [-0.4, -0.2) is 56.2 Å². The molecule has 9 nitrogen and oxygen atoms in total. The molecule has 0 saturated carbocycles. The second kappa shape index (κ2) is 6.51. The molecular formula is C14H18N6O3. The molecule has 1 aliphatic rings. The third kappa shape index (κ3) is 3.50. The first-order valence-electron chi connectivity index (χ1n) is 7.48. The zero-order valence-electron chi connectivity index (χ0n) is 12.5. The van der Waals surface area contributed by atoms with E-state index in [1.165, 1.54) is 11.1 Å². The van der Waals surface area contributed by atoms with Crippen molar-refractivity contribution >= 4 is 29.1 Å². The first-order valence-corrected chi connectivity index (χ1v) is 7.48. The monoisotopic (exact) mass is 318 g/mol. The Morgan fingerprint density at radius 1 is 1.43 bits per heavy atom. The number of amides is 3. The van der Waals surface area contributed by atoms with Gasteiger partial charge in [0.1, 0.15) is 5.52 Å². The molecule has 1 atom stereocenters. The summed E-state index contributed by atoms with van der Waals surface area (Å²) in [6.45, 7) is 0.789. The summed E-state index contributed by atoms with van der Waals surface area (Å²) < 4.78 is 0. The topological polar surface area (TPSA) is 123 Å². The maximum absolute atomic E-state index is 11.9. The van der Waals surface area contributed by atoms with Gasteiger partial charge in [0.25, 0.3) is 0 Å². The third-order valence-electron chi connectivity index (χ3n) is 3.87. The summed E-state index contributed by atoms with van der Waals surface area (Å²) in [6, 6.07) is 1.15. The lowest BCUT2D eigenvalue weighted by atomic mass is 10.0. The van der Waals surface area contributed by atoms with Crippen molar-refractivity contribution in [1.29, 1.82) is 0 Å². The lowest BCUT2D eigenvalue weighted by molar-refractivity contribution is 0.107. The van der Waals surface area contributed by atoms with Crippen molar-refractivity contribution in [2.24, 2.45) is 0 Å². The molecule has 0 aromatic carbocycles. The standard InChI is InChI=1S/C14H18N6O3/c21-13(17-7-9-3-1-2-6-20(9)14(22)23)19-11-8-16-12-10(18-11)4-5-15-12/h4-5,8-9H,1-3,6-7H2,(H,15,16)(H,22,23)(H2,17,18,19,21). The minimum atomic E-state index is -0.944. The molecule has 23 heavy (non-hydrogen) atoms. The van der Waals surface area contributed by atoms with E-state index in [9.17, 15) is 9.59 Å². The molecule has 3 amide bonds. The van der Waals surface area contributed by atoms with E-state index < -0.39 is 12.1 Å². The number of likely N-dealkylation sites (tertiary alicyclic amines) is 1. The van der Waals surface area contributed by atoms with Crippen LogP contribution in [0.4, 0.5) is 15.4 Å². The fraction of sp³-hybridized carbons (Fsp3) is 0.429. The lowest BCUT2D eigenvalue weighted by Crippen LogP contribution is -2.49. The molecule has 0 spiro atoms. The maximum atomic E-state index is 11.9. The van der Waals surface area contributed by atoms with E-state index in [0.29, 0.717) is 23.5 Å². The summed E-state index contributed by atoms with van der Waals surface area (Å²) in [4.78, 5) is 35.8. The Hall–Kier alpha value is -2.84. The molecule has 4 N–H and O–H groups in total. The Labute approximate surface area is 132 Å². The molecule has 0 aliphatic carbocycles. The number of nitrogens with zero attached hydrogens (tertiary/aromatic N) is 3. The van der Waals surface area contributed by atoms with Gasteiger partial charge in [-0.25, -0.2) is 19.6 Å². The first-order chi connectivity index (χ1) is 11.1. The minimum Gasteiger partial charge on any atom is -0.465 e. The number of fused-ring (bicyclic) bond motifs is 1. The highest BCUT2D eigenvalue weighted by Crippen LogP contribution is 2.16. The van der Waals surface area contributed by atoms with Crippen molar-refractivity contribution in [2.45, 2.75) is 25.3 Å². The van der Waals surface area contributed by atoms with Crippen LogP contribution in [0.2, 0.25) is 0 Å². The fourth-order valence-electron chi connectivity index (χ4n) is 2.73. The van der Waals surface area contributed by atoms with E-state index in [4.69, 9.17) is 5.11 Å². The van der Waals surface area contributed by atoms with Gasteiger partial charge in [-0.15, -0.1) is 0 Å². The van der Waals surface area contributed by atoms with Crippen LogP contribution in [0.25, 0.3) is 11.2 Å². The molecule has 1 saturated heterocycles. The zero-order chi connectivity index (χ0) is 16.2. The first kappa shape index (κ1) is 15.1. The zero-order valence-corrected chi connectivity index (χ0v) is 12.5. The van der Waals surface area contributed by atoms with E-state index in [1.54, 1.807) is 12.3 Å². The Kier molecular flexibility index (Phi) is 4.26. The Morgan fingerprint density at radius 2 is 2.30 bits per heavy atom. The molecule has 1 aliphatic heterocycles. The number of hydrogen-bond donors (Lipinski definition) is 4. The van der Waals surface area contributed by atoms with Gasteiger partial charge in [0.15, 0.2) is 11.5 Å². The van der Waals surface area contributed by atoms with Crippen LogP contribution in [0.3, 0.4) is 0 Å². The number of aromatic nitrogens is 3. The smallest absolute Gasteiger partial charge is 0.407 e. The lowest BCUT2D eigenvalue weighted by Gasteiger charge is -2.33. The van der Waals surface area contributed by atoms with Crippen molar-refractivity contribution in [3.63, 3.8) is 0 Å². The fourth-order valence-corrected chi connectivity index (χ4v) is 2.73. The highest BCUT2D eigenvalue weighted by molar-refractivity contribution is 5.89. The van der Waals surface area contributed by atoms with Crippen molar-refractivity contribution in [3.8, 4) is 0 Å². The van der Waals surface area contributed by atoms with Crippen molar-refractivity contribution < 1.29 is 14.7 Å². The molecule has 122 valence electrons. The largest absolute Gasteiger partial charge is 0.465 e. The molecule has 0 radical (unpaired) electrons. The summed E-state index contributed by atoms with van der Waals surface area (Å²) in [7, 11) is 0. The highest BCUT2D eigenvalue weighted by Gasteiger charge is 2.26. The van der Waals surface area contributed by atoms with Crippen LogP contribution < -0.4 is 10.6 Å². The number of rotatable bonds is 3. The third-order valence-corrected chi connectivity index (χ3v) is 3.87. The molecule has 1 unspecified atom stereocenters. The Bertz CT molecular complexity index is 715. The van der Waals surface area contributed by atoms with Gasteiger partial charge >= 0.3 is 12.1 Å². The van der Waals surface area contributed by atoms with Crippen LogP contribution in [-0.2, 0) is 0 Å². The van der Waals surface area contributed by atoms with Crippen molar-refractivity contribution in [3.05, 3.63) is 18.5 Å². The summed E-state index contributed by atoms with van der Waals surface area (Å²) in [5.74, 6) is 0.341. The second-order valence-corrected chi connectivity index (χ2v) is 5.43. The molecule has 2 aromatic heterocycles. The second-order valence-electron chi connectivity index (χ2n) is 5.43. The normalized spacial score (nSPS) is 17.9. The number of nitrogens with one attached hydrogen (secondary N) is 3. The van der Waals surface area contributed by atoms with Gasteiger partial charge in [0, 0.05) is 19.3 Å². The predicted molar refractivity (Wildman–Crippen MR) is 83.3 cm³/mol. The van der Waals surface area contributed by atoms with E-state index in [0.717, 1.165) is 19.3 Å². The number of anilines is 1. The average molecular weight is 318 g/mol. The van der Waals surface area contributed by atoms with Crippen molar-refractivity contribution in [1.82, 2.24) is 25.2 Å². The maximum Gasteiger partial charge on any atom is 0.407 e. The molecule has 2 aromatic rings. The Balaban J connectivity index is 1.55. The Morgan fingerprint density at radius 3 is 3.13 bits per heavy atom. The van der Waals surface area contributed by atoms with E-state index >= 15 is 0 Å². The number of piperidine rings is 1. The van der Waals surface area contributed by atoms with E-state index in [1.807, 2.05) is 0 Å². The minimum absolute atomic E-state index is 0.190. The summed E-state index contributed by atoms with van der Waals surface area (Å²) >= 11 is 0. The summed E-state index contributed by atoms with van der Waals surface area (Å²) in [5, 5.41) is 14.5. The van der Waals surface area contributed by atoms with Crippen LogP contribution in [0, 0.1) is 0 Å². The van der Waals surface area contributed by atoms with Crippen LogP contribution in [0.1, 0.15) is 19.3 Å². The predicted octanol–water partition coefficient (Wildman–Crippen LogP) is 1.61. The molecule has 1 fully saturated rings. The SMILES string of the molecule is O=C(NCC1CCCCN1C(=O)O)Nc1cnc2[nH]ccc2n1. The van der Waals surface area contributed by atoms with Gasteiger partial charge < -0.3 is 20.3 Å². The van der Waals surface area contributed by atoms with Gasteiger partial charge in [0.2, 0.25) is 0 Å². The average Bonchev–Trinajstić information content (AvgIpc) is 3.00. The highest BCUT2D eigenvalue weighted by atomic mass is 16.4. The summed E-state index contributed by atoms with van der Waals surface area (Å²) in [6.07, 6.45) is 4.82. The van der Waals surface area contributed by atoms with Gasteiger partial charge in [0.05, 0.1) is 12.2 Å². The number of hydrogen-bond acceptors (Lipinski definition) is 4. The number of carbonyl (C=O) groups is 2.